The van der Waals surface area contributed by atoms with Crippen molar-refractivity contribution in [3.05, 3.63) is 0 Å². The van der Waals surface area contributed by atoms with E-state index >= 15 is 0 Å². The molecule has 0 aromatic heterocycles. The molecule has 0 saturated carbocycles. The highest BCUT2D eigenvalue weighted by atomic mass is 16.5. The van der Waals surface area contributed by atoms with Crippen LogP contribution in [0.4, 0.5) is 0 Å². The van der Waals surface area contributed by atoms with E-state index in [4.69, 9.17) is 14.9 Å². The summed E-state index contributed by atoms with van der Waals surface area (Å²) in [4.78, 5) is 0. The van der Waals surface area contributed by atoms with Gasteiger partial charge in [-0.1, -0.05) is 6.92 Å². The zero-order chi connectivity index (χ0) is 9.35. The molecule has 4 nitrogen and oxygen atoms in total. The molecule has 1 aliphatic rings. The minimum Gasteiger partial charge on any atom is -0.396 e. The summed E-state index contributed by atoms with van der Waals surface area (Å²) < 4.78 is 5.27. The molecule has 1 aliphatic heterocycles. The van der Waals surface area contributed by atoms with E-state index in [-0.39, 0.29) is 19.3 Å². The fourth-order valence-electron chi connectivity index (χ4n) is 1.66. The highest BCUT2D eigenvalue weighted by molar-refractivity contribution is 4.97. The van der Waals surface area contributed by atoms with E-state index in [1.54, 1.807) is 13.8 Å². The van der Waals surface area contributed by atoms with Crippen LogP contribution in [-0.4, -0.2) is 46.8 Å². The van der Waals surface area contributed by atoms with Gasteiger partial charge in [-0.25, -0.2) is 0 Å². The van der Waals surface area contributed by atoms with Gasteiger partial charge >= 0.3 is 0 Å². The molecule has 1 saturated heterocycles. The molecule has 0 spiro atoms. The Morgan fingerprint density at radius 1 is 1.42 bits per heavy atom. The zero-order valence-electron chi connectivity index (χ0n) is 7.40. The molecule has 0 radical (unpaired) electrons. The van der Waals surface area contributed by atoms with Crippen LogP contribution in [0.15, 0.2) is 0 Å². The second-order valence-corrected chi connectivity index (χ2v) is 3.62. The smallest absolute Gasteiger partial charge is 0.0911 e. The molecule has 4 atom stereocenters. The lowest BCUT2D eigenvalue weighted by molar-refractivity contribution is -0.0333. The maximum atomic E-state index is 9.62. The van der Waals surface area contributed by atoms with Gasteiger partial charge < -0.3 is 20.1 Å². The molecule has 12 heavy (non-hydrogen) atoms. The lowest BCUT2D eigenvalue weighted by Crippen LogP contribution is -2.42. The van der Waals surface area contributed by atoms with E-state index in [0.29, 0.717) is 0 Å². The lowest BCUT2D eigenvalue weighted by atomic mass is 9.80. The second kappa shape index (κ2) is 3.30. The Kier molecular flexibility index (Phi) is 2.73. The fourth-order valence-corrected chi connectivity index (χ4v) is 1.66. The standard InChI is InChI=1S/C8H16O4/c1-5-7(11)8(2,4-10)6(3-9)12-5/h5-7,9-11H,3-4H2,1-2H3/t5-,6+,7-,8+/m0/s1. The summed E-state index contributed by atoms with van der Waals surface area (Å²) in [6.45, 7) is 3.10. The van der Waals surface area contributed by atoms with Crippen LogP contribution in [0, 0.1) is 5.41 Å². The van der Waals surface area contributed by atoms with Crippen LogP contribution in [-0.2, 0) is 4.74 Å². The van der Waals surface area contributed by atoms with Crippen molar-refractivity contribution in [3.63, 3.8) is 0 Å². The van der Waals surface area contributed by atoms with Crippen molar-refractivity contribution in [1.29, 1.82) is 0 Å². The Labute approximate surface area is 71.8 Å². The van der Waals surface area contributed by atoms with Gasteiger partial charge in [0.2, 0.25) is 0 Å². The van der Waals surface area contributed by atoms with Crippen LogP contribution in [0.25, 0.3) is 0 Å². The third-order valence-corrected chi connectivity index (χ3v) is 2.74. The highest BCUT2D eigenvalue weighted by Gasteiger charge is 2.50. The van der Waals surface area contributed by atoms with Crippen molar-refractivity contribution >= 4 is 0 Å². The van der Waals surface area contributed by atoms with Crippen molar-refractivity contribution in [2.24, 2.45) is 5.41 Å². The van der Waals surface area contributed by atoms with Gasteiger partial charge in [-0.3, -0.25) is 0 Å². The summed E-state index contributed by atoms with van der Waals surface area (Å²) in [5.41, 5.74) is -0.728. The van der Waals surface area contributed by atoms with Crippen LogP contribution < -0.4 is 0 Å². The quantitative estimate of drug-likeness (QED) is 0.511. The molecule has 0 unspecified atom stereocenters. The lowest BCUT2D eigenvalue weighted by Gasteiger charge is -2.29. The van der Waals surface area contributed by atoms with Gasteiger partial charge in [0.15, 0.2) is 0 Å². The Bertz CT molecular complexity index is 161. The molecule has 0 amide bonds. The normalized spacial score (nSPS) is 48.2. The van der Waals surface area contributed by atoms with Crippen molar-refractivity contribution in [3.8, 4) is 0 Å². The molecule has 4 heteroatoms. The molecular weight excluding hydrogens is 160 g/mol. The maximum absolute atomic E-state index is 9.62. The Balaban J connectivity index is 2.80. The molecule has 1 heterocycles. The first-order valence-corrected chi connectivity index (χ1v) is 4.11. The third kappa shape index (κ3) is 1.25. The summed E-state index contributed by atoms with van der Waals surface area (Å²) in [5.74, 6) is 0. The Hall–Kier alpha value is -0.160. The summed E-state index contributed by atoms with van der Waals surface area (Å²) in [6, 6.07) is 0. The van der Waals surface area contributed by atoms with Gasteiger partial charge in [0.05, 0.1) is 31.5 Å². The first-order valence-electron chi connectivity index (χ1n) is 4.11. The zero-order valence-corrected chi connectivity index (χ0v) is 7.40. The molecule has 3 N–H and O–H groups in total. The third-order valence-electron chi connectivity index (χ3n) is 2.74. The van der Waals surface area contributed by atoms with Gasteiger partial charge in [0, 0.05) is 5.41 Å². The van der Waals surface area contributed by atoms with Gasteiger partial charge in [0.25, 0.3) is 0 Å². The van der Waals surface area contributed by atoms with Gasteiger partial charge in [-0.05, 0) is 6.92 Å². The second-order valence-electron chi connectivity index (χ2n) is 3.62. The SMILES string of the molecule is C[C@@H]1O[C@H](CO)[C@@](C)(CO)[C@H]1O. The molecule has 0 aromatic carbocycles. The maximum Gasteiger partial charge on any atom is 0.0911 e. The van der Waals surface area contributed by atoms with Crippen LogP contribution in [0.5, 0.6) is 0 Å². The Morgan fingerprint density at radius 3 is 2.33 bits per heavy atom. The molecular formula is C8H16O4. The van der Waals surface area contributed by atoms with E-state index in [2.05, 4.69) is 0 Å². The average Bonchev–Trinajstić information content (AvgIpc) is 2.30. The van der Waals surface area contributed by atoms with E-state index in [9.17, 15) is 5.11 Å². The van der Waals surface area contributed by atoms with E-state index in [1.807, 2.05) is 0 Å². The van der Waals surface area contributed by atoms with Gasteiger partial charge in [-0.15, -0.1) is 0 Å². The monoisotopic (exact) mass is 176 g/mol. The first kappa shape index (κ1) is 9.92. The van der Waals surface area contributed by atoms with Crippen molar-refractivity contribution in [2.45, 2.75) is 32.2 Å². The predicted octanol–water partition coefficient (Wildman–Crippen LogP) is -0.875. The van der Waals surface area contributed by atoms with Crippen molar-refractivity contribution in [1.82, 2.24) is 0 Å². The van der Waals surface area contributed by atoms with Crippen molar-refractivity contribution < 1.29 is 20.1 Å². The fraction of sp³-hybridized carbons (Fsp3) is 1.00. The van der Waals surface area contributed by atoms with Crippen LogP contribution in [0.3, 0.4) is 0 Å². The average molecular weight is 176 g/mol. The summed E-state index contributed by atoms with van der Waals surface area (Å²) in [7, 11) is 0. The van der Waals surface area contributed by atoms with Crippen molar-refractivity contribution in [2.75, 3.05) is 13.2 Å². The van der Waals surface area contributed by atoms with Crippen LogP contribution in [0.1, 0.15) is 13.8 Å². The van der Waals surface area contributed by atoms with E-state index in [0.717, 1.165) is 0 Å². The number of aliphatic hydroxyl groups excluding tert-OH is 3. The first-order chi connectivity index (χ1) is 5.56. The number of hydrogen-bond acceptors (Lipinski definition) is 4. The molecule has 0 aromatic rings. The number of hydrogen-bond donors (Lipinski definition) is 3. The summed E-state index contributed by atoms with van der Waals surface area (Å²) >= 11 is 0. The minimum absolute atomic E-state index is 0.168. The van der Waals surface area contributed by atoms with Gasteiger partial charge in [0.1, 0.15) is 0 Å². The number of aliphatic hydroxyl groups is 3. The molecule has 1 rings (SSSR count). The molecule has 72 valence electrons. The topological polar surface area (TPSA) is 69.9 Å². The molecule has 0 aliphatic carbocycles. The van der Waals surface area contributed by atoms with Crippen LogP contribution >= 0.6 is 0 Å². The van der Waals surface area contributed by atoms with E-state index in [1.165, 1.54) is 0 Å². The molecule has 0 bridgehead atoms. The largest absolute Gasteiger partial charge is 0.396 e. The minimum atomic E-state index is -0.728. The summed E-state index contributed by atoms with van der Waals surface area (Å²) in [5, 5.41) is 27.6. The van der Waals surface area contributed by atoms with Crippen LogP contribution in [0.2, 0.25) is 0 Å². The Morgan fingerprint density at radius 2 is 2.00 bits per heavy atom. The number of ether oxygens (including phenoxy) is 1. The summed E-state index contributed by atoms with van der Waals surface area (Å²) in [6.07, 6.45) is -1.49. The van der Waals surface area contributed by atoms with Gasteiger partial charge in [-0.2, -0.15) is 0 Å². The predicted molar refractivity (Wildman–Crippen MR) is 42.6 cm³/mol. The van der Waals surface area contributed by atoms with E-state index < -0.39 is 17.6 Å². The molecule has 1 fully saturated rings. The number of rotatable bonds is 2. The highest BCUT2D eigenvalue weighted by Crippen LogP contribution is 2.37.